The number of esters is 1. The Morgan fingerprint density at radius 2 is 1.54 bits per heavy atom. The van der Waals surface area contributed by atoms with Crippen LogP contribution in [0.4, 0.5) is 17.6 Å². The molecule has 1 N–H and O–H groups in total. The minimum absolute atomic E-state index is 0.179. The lowest BCUT2D eigenvalue weighted by Crippen LogP contribution is -2.23. The Labute approximate surface area is 164 Å². The Morgan fingerprint density at radius 3 is 2.07 bits per heavy atom. The summed E-state index contributed by atoms with van der Waals surface area (Å²) in [6.07, 6.45) is 2.39. The SMILES string of the molecule is CC(C)(C)OC(=O)CCCCCCOc1c(F)c(F)c(SOOO)c(F)c1F. The van der Waals surface area contributed by atoms with Gasteiger partial charge in [-0.15, -0.1) is 4.33 Å². The van der Waals surface area contributed by atoms with E-state index < -0.39 is 39.5 Å². The lowest BCUT2D eigenvalue weighted by Gasteiger charge is -2.19. The van der Waals surface area contributed by atoms with Crippen molar-refractivity contribution in [3.8, 4) is 5.75 Å². The van der Waals surface area contributed by atoms with Crippen molar-refractivity contribution in [3.63, 3.8) is 0 Å². The Kier molecular flexibility index (Phi) is 10.0. The average Bonchev–Trinajstić information content (AvgIpc) is 2.60. The van der Waals surface area contributed by atoms with Crippen LogP contribution in [0, 0.1) is 23.3 Å². The molecule has 0 bridgehead atoms. The lowest BCUT2D eigenvalue weighted by molar-refractivity contribution is -0.432. The van der Waals surface area contributed by atoms with Crippen LogP contribution < -0.4 is 4.74 Å². The quantitative estimate of drug-likeness (QED) is 0.0966. The maximum atomic E-state index is 13.9. The van der Waals surface area contributed by atoms with Gasteiger partial charge >= 0.3 is 5.97 Å². The van der Waals surface area contributed by atoms with E-state index in [1.54, 1.807) is 20.8 Å². The van der Waals surface area contributed by atoms with Crippen LogP contribution in [0.15, 0.2) is 4.90 Å². The molecule has 0 radical (unpaired) electrons. The molecule has 1 aromatic rings. The molecule has 0 aliphatic rings. The number of benzene rings is 1. The molecule has 1 aromatic carbocycles. The highest BCUT2D eigenvalue weighted by molar-refractivity contribution is 7.94. The molecule has 0 aliphatic carbocycles. The van der Waals surface area contributed by atoms with Gasteiger partial charge in [-0.1, -0.05) is 17.9 Å². The van der Waals surface area contributed by atoms with Crippen molar-refractivity contribution >= 4 is 18.0 Å². The first kappa shape index (κ1) is 24.5. The number of carbonyl (C=O) groups is 1. The van der Waals surface area contributed by atoms with E-state index in [4.69, 9.17) is 14.7 Å². The van der Waals surface area contributed by atoms with Crippen molar-refractivity contribution in [1.29, 1.82) is 0 Å². The first-order valence-corrected chi connectivity index (χ1v) is 9.18. The molecule has 0 saturated carbocycles. The van der Waals surface area contributed by atoms with Crippen LogP contribution in [0.5, 0.6) is 5.75 Å². The monoisotopic (exact) mass is 430 g/mol. The minimum atomic E-state index is -1.74. The maximum absolute atomic E-state index is 13.9. The maximum Gasteiger partial charge on any atom is 0.306 e. The van der Waals surface area contributed by atoms with E-state index in [-0.39, 0.29) is 31.0 Å². The summed E-state index contributed by atoms with van der Waals surface area (Å²) in [6, 6.07) is 0. The van der Waals surface area contributed by atoms with Crippen LogP contribution in [-0.2, 0) is 18.9 Å². The molecule has 0 heterocycles. The number of carbonyl (C=O) groups excluding carboxylic acids is 1. The summed E-state index contributed by atoms with van der Waals surface area (Å²) in [7, 11) is 0. The van der Waals surface area contributed by atoms with E-state index in [0.717, 1.165) is 0 Å². The Balaban J connectivity index is 2.44. The van der Waals surface area contributed by atoms with Crippen molar-refractivity contribution in [2.75, 3.05) is 6.61 Å². The summed E-state index contributed by atoms with van der Waals surface area (Å²) < 4.78 is 69.0. The largest absolute Gasteiger partial charge is 0.487 e. The second-order valence-electron chi connectivity index (χ2n) is 6.74. The van der Waals surface area contributed by atoms with Gasteiger partial charge in [0.25, 0.3) is 0 Å². The molecule has 0 amide bonds. The zero-order valence-electron chi connectivity index (χ0n) is 15.7. The van der Waals surface area contributed by atoms with Crippen molar-refractivity contribution in [2.24, 2.45) is 0 Å². The molecule has 0 unspecified atom stereocenters. The predicted molar refractivity (Wildman–Crippen MR) is 91.4 cm³/mol. The van der Waals surface area contributed by atoms with Gasteiger partial charge in [-0.2, -0.15) is 8.78 Å². The summed E-state index contributed by atoms with van der Waals surface area (Å²) in [4.78, 5) is 10.4. The van der Waals surface area contributed by atoms with Crippen LogP contribution in [0.25, 0.3) is 0 Å². The van der Waals surface area contributed by atoms with E-state index in [2.05, 4.69) is 9.37 Å². The Bertz CT molecular complexity index is 637. The first-order valence-electron chi connectivity index (χ1n) is 8.43. The van der Waals surface area contributed by atoms with Gasteiger partial charge in [0.1, 0.15) is 10.5 Å². The molecule has 0 fully saturated rings. The highest BCUT2D eigenvalue weighted by Crippen LogP contribution is 2.35. The van der Waals surface area contributed by atoms with Gasteiger partial charge in [0, 0.05) is 6.42 Å². The van der Waals surface area contributed by atoms with Crippen LogP contribution in [0.1, 0.15) is 52.9 Å². The molecule has 28 heavy (non-hydrogen) atoms. The molecule has 0 aromatic heterocycles. The van der Waals surface area contributed by atoms with E-state index in [1.807, 2.05) is 0 Å². The van der Waals surface area contributed by atoms with E-state index in [9.17, 15) is 22.4 Å². The fourth-order valence-electron chi connectivity index (χ4n) is 2.13. The Hall–Kier alpha value is -1.56. The molecule has 160 valence electrons. The topological polar surface area (TPSA) is 74.2 Å². The standard InChI is InChI=1S/C17H22F4O6S/c1-17(2,3)25-10(22)8-6-4-5-7-9-24-15-11(18)13(20)16(28-27-26-23)14(21)12(15)19/h23H,4-9H2,1-3H3. The molecular formula is C17H22F4O6S. The van der Waals surface area contributed by atoms with Gasteiger partial charge < -0.3 is 9.47 Å². The number of rotatable bonds is 11. The lowest BCUT2D eigenvalue weighted by atomic mass is 10.1. The fraction of sp³-hybridized carbons (Fsp3) is 0.588. The van der Waals surface area contributed by atoms with Gasteiger partial charge in [-0.3, -0.25) is 4.79 Å². The van der Waals surface area contributed by atoms with Crippen LogP contribution in [0.2, 0.25) is 0 Å². The van der Waals surface area contributed by atoms with E-state index in [0.29, 0.717) is 25.7 Å². The van der Waals surface area contributed by atoms with Gasteiger partial charge in [-0.25, -0.2) is 14.0 Å². The predicted octanol–water partition coefficient (Wildman–Crippen LogP) is 5.34. The molecule has 0 atom stereocenters. The van der Waals surface area contributed by atoms with Crippen molar-refractivity contribution in [2.45, 2.75) is 63.4 Å². The zero-order chi connectivity index (χ0) is 21.3. The third-order valence-electron chi connectivity index (χ3n) is 3.27. The van der Waals surface area contributed by atoms with Gasteiger partial charge in [-0.05, 0) is 33.6 Å². The molecule has 6 nitrogen and oxygen atoms in total. The van der Waals surface area contributed by atoms with Crippen molar-refractivity contribution in [1.82, 2.24) is 0 Å². The van der Waals surface area contributed by atoms with Crippen LogP contribution in [0.3, 0.4) is 0 Å². The molecule has 1 rings (SSSR count). The van der Waals surface area contributed by atoms with Gasteiger partial charge in [0.05, 0.1) is 18.6 Å². The zero-order valence-corrected chi connectivity index (χ0v) is 16.5. The number of hydrogen-bond acceptors (Lipinski definition) is 7. The number of ether oxygens (including phenoxy) is 2. The summed E-state index contributed by atoms with van der Waals surface area (Å²) in [5, 5.41) is 11.1. The van der Waals surface area contributed by atoms with Crippen LogP contribution in [-0.4, -0.2) is 23.4 Å². The molecule has 0 spiro atoms. The number of unbranched alkanes of at least 4 members (excludes halogenated alkanes) is 3. The van der Waals surface area contributed by atoms with E-state index >= 15 is 0 Å². The normalized spacial score (nSPS) is 11.6. The minimum Gasteiger partial charge on any atom is -0.487 e. The molecule has 0 saturated heterocycles. The highest BCUT2D eigenvalue weighted by atomic mass is 32.2. The summed E-state index contributed by atoms with van der Waals surface area (Å²) in [5.74, 6) is -8.44. The second kappa shape index (κ2) is 11.4. The number of halogens is 4. The first-order chi connectivity index (χ1) is 13.1. The average molecular weight is 430 g/mol. The highest BCUT2D eigenvalue weighted by Gasteiger charge is 2.28. The fourth-order valence-corrected chi connectivity index (χ4v) is 2.56. The summed E-state index contributed by atoms with van der Waals surface area (Å²) in [5.41, 5.74) is -0.547. The second-order valence-corrected chi connectivity index (χ2v) is 7.45. The smallest absolute Gasteiger partial charge is 0.306 e. The summed E-state index contributed by atoms with van der Waals surface area (Å²) in [6.45, 7) is 5.13. The van der Waals surface area contributed by atoms with Gasteiger partial charge in [0.2, 0.25) is 11.6 Å². The third kappa shape index (κ3) is 7.82. The molecular weight excluding hydrogens is 408 g/mol. The molecule has 11 heteroatoms. The van der Waals surface area contributed by atoms with Crippen molar-refractivity contribution < 1.29 is 46.5 Å². The van der Waals surface area contributed by atoms with Gasteiger partial charge in [0.15, 0.2) is 17.4 Å². The molecule has 0 aliphatic heterocycles. The Morgan fingerprint density at radius 1 is 0.964 bits per heavy atom. The van der Waals surface area contributed by atoms with E-state index in [1.165, 1.54) is 0 Å². The van der Waals surface area contributed by atoms with Crippen molar-refractivity contribution in [3.05, 3.63) is 23.3 Å². The third-order valence-corrected chi connectivity index (χ3v) is 3.93. The summed E-state index contributed by atoms with van der Waals surface area (Å²) >= 11 is -0.242. The van der Waals surface area contributed by atoms with Crippen LogP contribution >= 0.6 is 12.0 Å². The number of hydrogen-bond donors (Lipinski definition) is 1.